The molecule has 0 unspecified atom stereocenters. The summed E-state index contributed by atoms with van der Waals surface area (Å²) in [7, 11) is 3.51. The van der Waals surface area contributed by atoms with E-state index in [2.05, 4.69) is 0 Å². The third-order valence-electron chi connectivity index (χ3n) is 3.71. The van der Waals surface area contributed by atoms with E-state index in [1.54, 1.807) is 19.0 Å². The molecule has 0 N–H and O–H groups in total. The van der Waals surface area contributed by atoms with Crippen LogP contribution in [0.5, 0.6) is 0 Å². The highest BCUT2D eigenvalue weighted by Gasteiger charge is 2.38. The molecule has 16 heavy (non-hydrogen) atoms. The number of carbonyl (C=O) groups excluding carboxylic acids is 2. The maximum atomic E-state index is 11.9. The number of carbonyl (C=O) groups is 2. The first-order valence-electron chi connectivity index (χ1n) is 6.10. The maximum Gasteiger partial charge on any atom is 0.227 e. The van der Waals surface area contributed by atoms with Gasteiger partial charge < -0.3 is 9.80 Å². The van der Waals surface area contributed by atoms with E-state index < -0.39 is 0 Å². The predicted molar refractivity (Wildman–Crippen MR) is 60.8 cm³/mol. The normalized spacial score (nSPS) is 26.5. The van der Waals surface area contributed by atoms with Gasteiger partial charge in [0, 0.05) is 33.1 Å². The van der Waals surface area contributed by atoms with Gasteiger partial charge in [0.1, 0.15) is 0 Å². The monoisotopic (exact) mass is 224 g/mol. The van der Waals surface area contributed by atoms with Gasteiger partial charge in [0.05, 0.1) is 5.92 Å². The average Bonchev–Trinajstić information content (AvgIpc) is 2.84. The van der Waals surface area contributed by atoms with Crippen LogP contribution in [0.25, 0.3) is 0 Å². The van der Waals surface area contributed by atoms with E-state index in [-0.39, 0.29) is 17.7 Å². The van der Waals surface area contributed by atoms with E-state index >= 15 is 0 Å². The van der Waals surface area contributed by atoms with Crippen molar-refractivity contribution in [3.8, 4) is 0 Å². The minimum atomic E-state index is -0.108. The van der Waals surface area contributed by atoms with Gasteiger partial charge in [0.25, 0.3) is 0 Å². The van der Waals surface area contributed by atoms with Crippen LogP contribution in [0, 0.1) is 5.92 Å². The second kappa shape index (κ2) is 4.44. The van der Waals surface area contributed by atoms with E-state index in [1.165, 1.54) is 12.8 Å². The smallest absolute Gasteiger partial charge is 0.227 e. The Morgan fingerprint density at radius 2 is 1.94 bits per heavy atom. The predicted octanol–water partition coefficient (Wildman–Crippen LogP) is 0.866. The van der Waals surface area contributed by atoms with Gasteiger partial charge >= 0.3 is 0 Å². The third kappa shape index (κ3) is 2.06. The fraction of sp³-hybridized carbons (Fsp3) is 0.833. The highest BCUT2D eigenvalue weighted by Crippen LogP contribution is 2.29. The lowest BCUT2D eigenvalue weighted by Gasteiger charge is -2.24. The summed E-state index contributed by atoms with van der Waals surface area (Å²) in [5.41, 5.74) is 0. The zero-order chi connectivity index (χ0) is 11.7. The van der Waals surface area contributed by atoms with Gasteiger partial charge in [-0.05, 0) is 12.8 Å². The Morgan fingerprint density at radius 1 is 1.31 bits per heavy atom. The third-order valence-corrected chi connectivity index (χ3v) is 3.71. The lowest BCUT2D eigenvalue weighted by Crippen LogP contribution is -2.36. The van der Waals surface area contributed by atoms with Crippen LogP contribution in [-0.4, -0.2) is 48.3 Å². The Kier molecular flexibility index (Phi) is 3.17. The SMILES string of the molecule is CN(C)C(=O)[C@@H]1CC(=O)N(C2CCCC2)C1. The van der Waals surface area contributed by atoms with Crippen molar-refractivity contribution >= 4 is 11.8 Å². The zero-order valence-electron chi connectivity index (χ0n) is 10.1. The van der Waals surface area contributed by atoms with Crippen LogP contribution in [0.15, 0.2) is 0 Å². The highest BCUT2D eigenvalue weighted by molar-refractivity contribution is 5.89. The van der Waals surface area contributed by atoms with Crippen LogP contribution in [0.4, 0.5) is 0 Å². The van der Waals surface area contributed by atoms with Crippen molar-refractivity contribution in [1.29, 1.82) is 0 Å². The molecule has 0 bridgehead atoms. The molecule has 0 aromatic rings. The van der Waals surface area contributed by atoms with E-state index in [9.17, 15) is 9.59 Å². The number of rotatable bonds is 2. The second-order valence-electron chi connectivity index (χ2n) is 5.12. The van der Waals surface area contributed by atoms with Gasteiger partial charge in [0.2, 0.25) is 11.8 Å². The summed E-state index contributed by atoms with van der Waals surface area (Å²) >= 11 is 0. The Bertz CT molecular complexity index is 295. The van der Waals surface area contributed by atoms with Crippen molar-refractivity contribution in [2.75, 3.05) is 20.6 Å². The molecule has 0 aromatic heterocycles. The number of nitrogens with zero attached hydrogens (tertiary/aromatic N) is 2. The standard InChI is InChI=1S/C12H20N2O2/c1-13(2)12(16)9-7-11(15)14(8-9)10-5-3-4-6-10/h9-10H,3-8H2,1-2H3/t9-/m1/s1. The molecule has 90 valence electrons. The van der Waals surface area contributed by atoms with Gasteiger partial charge in [0.15, 0.2) is 0 Å². The molecule has 4 heteroatoms. The topological polar surface area (TPSA) is 40.6 Å². The minimum absolute atomic E-state index is 0.0915. The number of hydrogen-bond acceptors (Lipinski definition) is 2. The quantitative estimate of drug-likeness (QED) is 0.698. The molecule has 1 aliphatic carbocycles. The summed E-state index contributed by atoms with van der Waals surface area (Å²) in [5, 5.41) is 0. The van der Waals surface area contributed by atoms with Gasteiger partial charge in [-0.2, -0.15) is 0 Å². The van der Waals surface area contributed by atoms with E-state index in [0.717, 1.165) is 12.8 Å². The Labute approximate surface area is 96.6 Å². The van der Waals surface area contributed by atoms with E-state index in [0.29, 0.717) is 19.0 Å². The van der Waals surface area contributed by atoms with Crippen molar-refractivity contribution < 1.29 is 9.59 Å². The molecular weight excluding hydrogens is 204 g/mol. The summed E-state index contributed by atoms with van der Waals surface area (Å²) in [4.78, 5) is 27.2. The lowest BCUT2D eigenvalue weighted by molar-refractivity contribution is -0.133. The van der Waals surface area contributed by atoms with Crippen molar-refractivity contribution in [3.05, 3.63) is 0 Å². The van der Waals surface area contributed by atoms with Gasteiger partial charge in [-0.1, -0.05) is 12.8 Å². The Hall–Kier alpha value is -1.06. The fourth-order valence-electron chi connectivity index (χ4n) is 2.83. The molecular formula is C12H20N2O2. The molecule has 2 fully saturated rings. The molecule has 2 rings (SSSR count). The fourth-order valence-corrected chi connectivity index (χ4v) is 2.83. The van der Waals surface area contributed by atoms with Gasteiger partial charge in [-0.15, -0.1) is 0 Å². The van der Waals surface area contributed by atoms with Crippen LogP contribution in [0.3, 0.4) is 0 Å². The highest BCUT2D eigenvalue weighted by atomic mass is 16.2. The van der Waals surface area contributed by atoms with Crippen molar-refractivity contribution in [2.45, 2.75) is 38.1 Å². The molecule has 1 saturated heterocycles. The molecule has 2 amide bonds. The average molecular weight is 224 g/mol. The summed E-state index contributed by atoms with van der Waals surface area (Å²) < 4.78 is 0. The molecule has 1 atom stereocenters. The van der Waals surface area contributed by atoms with Crippen molar-refractivity contribution in [2.24, 2.45) is 5.92 Å². The molecule has 4 nitrogen and oxygen atoms in total. The maximum absolute atomic E-state index is 11.9. The molecule has 2 aliphatic rings. The zero-order valence-corrected chi connectivity index (χ0v) is 10.1. The second-order valence-corrected chi connectivity index (χ2v) is 5.12. The van der Waals surface area contributed by atoms with Crippen LogP contribution in [0.2, 0.25) is 0 Å². The summed E-state index contributed by atoms with van der Waals surface area (Å²) in [5.74, 6) is 0.157. The number of hydrogen-bond donors (Lipinski definition) is 0. The summed E-state index contributed by atoms with van der Waals surface area (Å²) in [6.45, 7) is 0.639. The summed E-state index contributed by atoms with van der Waals surface area (Å²) in [6.07, 6.45) is 5.10. The van der Waals surface area contributed by atoms with Crippen molar-refractivity contribution in [1.82, 2.24) is 9.80 Å². The minimum Gasteiger partial charge on any atom is -0.349 e. The molecule has 1 aliphatic heterocycles. The Morgan fingerprint density at radius 3 is 2.50 bits per heavy atom. The first kappa shape index (κ1) is 11.4. The van der Waals surface area contributed by atoms with Crippen molar-refractivity contribution in [3.63, 3.8) is 0 Å². The molecule has 1 heterocycles. The lowest BCUT2D eigenvalue weighted by atomic mass is 10.1. The number of amides is 2. The van der Waals surface area contributed by atoms with E-state index in [1.807, 2.05) is 4.90 Å². The molecule has 1 saturated carbocycles. The first-order chi connectivity index (χ1) is 7.59. The number of likely N-dealkylation sites (tertiary alicyclic amines) is 1. The first-order valence-corrected chi connectivity index (χ1v) is 6.10. The largest absolute Gasteiger partial charge is 0.349 e. The van der Waals surface area contributed by atoms with Crippen LogP contribution >= 0.6 is 0 Å². The van der Waals surface area contributed by atoms with Crippen LogP contribution < -0.4 is 0 Å². The summed E-state index contributed by atoms with van der Waals surface area (Å²) in [6, 6.07) is 0.410. The van der Waals surface area contributed by atoms with Gasteiger partial charge in [-0.25, -0.2) is 0 Å². The van der Waals surface area contributed by atoms with Crippen LogP contribution in [-0.2, 0) is 9.59 Å². The molecule has 0 radical (unpaired) electrons. The van der Waals surface area contributed by atoms with Gasteiger partial charge in [-0.3, -0.25) is 9.59 Å². The molecule has 0 spiro atoms. The van der Waals surface area contributed by atoms with Crippen LogP contribution in [0.1, 0.15) is 32.1 Å². The Balaban J connectivity index is 1.98. The van der Waals surface area contributed by atoms with E-state index in [4.69, 9.17) is 0 Å². The molecule has 0 aromatic carbocycles.